The fourth-order valence-electron chi connectivity index (χ4n) is 2.64. The van der Waals surface area contributed by atoms with E-state index in [2.05, 4.69) is 15.9 Å². The second kappa shape index (κ2) is 4.70. The van der Waals surface area contributed by atoms with Crippen molar-refractivity contribution < 1.29 is 0 Å². The molecule has 90 valence electrons. The molecule has 2 heteroatoms. The monoisotopic (exact) mass is 236 g/mol. The Morgan fingerprint density at radius 3 is 2.56 bits per heavy atom. The van der Waals surface area contributed by atoms with Crippen LogP contribution in [-0.4, -0.2) is 9.97 Å². The smallest absolute Gasteiger partial charge is 0.109 e. The van der Waals surface area contributed by atoms with Crippen LogP contribution in [0.2, 0.25) is 0 Å². The van der Waals surface area contributed by atoms with Crippen LogP contribution in [0.5, 0.6) is 0 Å². The Kier molecular flexibility index (Phi) is 2.90. The maximum Gasteiger partial charge on any atom is 0.109 e. The van der Waals surface area contributed by atoms with Crippen LogP contribution in [0.15, 0.2) is 30.5 Å². The molecule has 1 saturated carbocycles. The van der Waals surface area contributed by atoms with Gasteiger partial charge in [-0.25, -0.2) is 4.98 Å². The first kappa shape index (κ1) is 11.1. The lowest BCUT2D eigenvalue weighted by Crippen LogP contribution is -1.94. The number of aromatic nitrogens is 2. The van der Waals surface area contributed by atoms with E-state index in [-0.39, 0.29) is 0 Å². The summed E-state index contributed by atoms with van der Waals surface area (Å²) in [5.41, 5.74) is 3.14. The largest absolute Gasteiger partial charge is 0.342 e. The van der Waals surface area contributed by atoms with Crippen LogP contribution in [0.4, 0.5) is 0 Å². The predicted octanol–water partition coefficient (Wildman–Crippen LogP) is 3.72. The third-order valence-corrected chi connectivity index (χ3v) is 3.70. The number of nitrogens with zero attached hydrogens (tertiary/aromatic N) is 1. The average molecular weight is 236 g/mol. The number of hydrogen-bond acceptors (Lipinski definition) is 1. The van der Waals surface area contributed by atoms with Crippen LogP contribution in [0.25, 0.3) is 11.3 Å². The van der Waals surface area contributed by atoms with E-state index in [1.807, 2.05) is 30.5 Å². The summed E-state index contributed by atoms with van der Waals surface area (Å²) in [6.45, 7) is 0. The number of aromatic amines is 1. The summed E-state index contributed by atoms with van der Waals surface area (Å²) >= 11 is 0. The molecule has 0 atom stereocenters. The molecule has 1 aliphatic carbocycles. The van der Waals surface area contributed by atoms with Crippen molar-refractivity contribution in [2.75, 3.05) is 0 Å². The first-order valence-electron chi connectivity index (χ1n) is 6.49. The minimum absolute atomic E-state index is 0.628. The molecule has 0 amide bonds. The van der Waals surface area contributed by atoms with E-state index in [9.17, 15) is 0 Å². The molecule has 1 N–H and O–H groups in total. The third kappa shape index (κ3) is 2.04. The molecule has 18 heavy (non-hydrogen) atoms. The number of imidazole rings is 1. The van der Waals surface area contributed by atoms with Crippen molar-refractivity contribution in [2.45, 2.75) is 31.6 Å². The number of H-pyrrole nitrogens is 1. The van der Waals surface area contributed by atoms with Gasteiger partial charge in [0.15, 0.2) is 0 Å². The molecule has 0 bridgehead atoms. The molecule has 0 spiro atoms. The van der Waals surface area contributed by atoms with Gasteiger partial charge in [-0.3, -0.25) is 0 Å². The summed E-state index contributed by atoms with van der Waals surface area (Å²) in [4.78, 5) is 7.97. The maximum atomic E-state index is 5.36. The van der Waals surface area contributed by atoms with E-state index in [1.165, 1.54) is 25.7 Å². The molecule has 0 unspecified atom stereocenters. The molecular weight excluding hydrogens is 220 g/mol. The van der Waals surface area contributed by atoms with Crippen molar-refractivity contribution in [1.29, 1.82) is 0 Å². The zero-order valence-electron chi connectivity index (χ0n) is 10.3. The molecule has 1 aromatic carbocycles. The van der Waals surface area contributed by atoms with Crippen molar-refractivity contribution in [3.8, 4) is 23.6 Å². The summed E-state index contributed by atoms with van der Waals surface area (Å²) in [6.07, 6.45) is 12.5. The SMILES string of the molecule is C#Cc1ccc(-c2cnc(C3CCCC3)[nH]2)cc1. The van der Waals surface area contributed by atoms with Crippen LogP contribution in [-0.2, 0) is 0 Å². The Balaban J connectivity index is 1.85. The Morgan fingerprint density at radius 2 is 1.89 bits per heavy atom. The third-order valence-electron chi connectivity index (χ3n) is 3.70. The number of rotatable bonds is 2. The number of benzene rings is 1. The molecule has 1 aliphatic rings. The first-order chi connectivity index (χ1) is 8.86. The quantitative estimate of drug-likeness (QED) is 0.791. The highest BCUT2D eigenvalue weighted by atomic mass is 14.9. The summed E-state index contributed by atoms with van der Waals surface area (Å²) in [6, 6.07) is 8.01. The van der Waals surface area contributed by atoms with Gasteiger partial charge in [0.05, 0.1) is 11.9 Å². The van der Waals surface area contributed by atoms with Crippen LogP contribution in [0.1, 0.15) is 43.0 Å². The van der Waals surface area contributed by atoms with Gasteiger partial charge in [-0.15, -0.1) is 6.42 Å². The summed E-state index contributed by atoms with van der Waals surface area (Å²) in [7, 11) is 0. The van der Waals surface area contributed by atoms with Gasteiger partial charge in [0.1, 0.15) is 5.82 Å². The number of hydrogen-bond donors (Lipinski definition) is 1. The molecule has 1 aromatic heterocycles. The number of nitrogens with one attached hydrogen (secondary N) is 1. The minimum atomic E-state index is 0.628. The van der Waals surface area contributed by atoms with E-state index >= 15 is 0 Å². The lowest BCUT2D eigenvalue weighted by molar-refractivity contribution is 0.679. The zero-order valence-corrected chi connectivity index (χ0v) is 10.3. The minimum Gasteiger partial charge on any atom is -0.342 e. The molecule has 1 heterocycles. The first-order valence-corrected chi connectivity index (χ1v) is 6.49. The highest BCUT2D eigenvalue weighted by molar-refractivity contribution is 5.59. The summed E-state index contributed by atoms with van der Waals surface area (Å²) in [5, 5.41) is 0. The van der Waals surface area contributed by atoms with Crippen molar-refractivity contribution >= 4 is 0 Å². The van der Waals surface area contributed by atoms with Gasteiger partial charge in [0.2, 0.25) is 0 Å². The Labute approximate surface area is 107 Å². The Bertz CT molecular complexity index is 566. The van der Waals surface area contributed by atoms with Crippen LogP contribution in [0, 0.1) is 12.3 Å². The van der Waals surface area contributed by atoms with E-state index in [0.717, 1.165) is 22.6 Å². The second-order valence-corrected chi connectivity index (χ2v) is 4.89. The standard InChI is InChI=1S/C16H16N2/c1-2-12-7-9-13(10-8-12)15-11-17-16(18-15)14-5-3-4-6-14/h1,7-11,14H,3-6H2,(H,17,18). The topological polar surface area (TPSA) is 28.7 Å². The normalized spacial score (nSPS) is 15.7. The van der Waals surface area contributed by atoms with Crippen LogP contribution < -0.4 is 0 Å². The van der Waals surface area contributed by atoms with Crippen molar-refractivity contribution in [1.82, 2.24) is 9.97 Å². The molecule has 0 aliphatic heterocycles. The van der Waals surface area contributed by atoms with Gasteiger partial charge in [-0.2, -0.15) is 0 Å². The predicted molar refractivity (Wildman–Crippen MR) is 73.2 cm³/mol. The maximum absolute atomic E-state index is 5.36. The number of terminal acetylenes is 1. The van der Waals surface area contributed by atoms with Gasteiger partial charge >= 0.3 is 0 Å². The van der Waals surface area contributed by atoms with Gasteiger partial charge in [0, 0.05) is 11.5 Å². The van der Waals surface area contributed by atoms with Crippen molar-refractivity contribution in [3.05, 3.63) is 41.9 Å². The molecule has 0 saturated heterocycles. The van der Waals surface area contributed by atoms with E-state index in [0.29, 0.717) is 5.92 Å². The average Bonchev–Trinajstić information content (AvgIpc) is 3.09. The van der Waals surface area contributed by atoms with E-state index < -0.39 is 0 Å². The second-order valence-electron chi connectivity index (χ2n) is 4.89. The lowest BCUT2D eigenvalue weighted by atomic mass is 10.1. The fraction of sp³-hybridized carbons (Fsp3) is 0.312. The molecular formula is C16H16N2. The highest BCUT2D eigenvalue weighted by Gasteiger charge is 2.19. The highest BCUT2D eigenvalue weighted by Crippen LogP contribution is 2.33. The molecule has 3 rings (SSSR count). The Hall–Kier alpha value is -2.01. The summed E-state index contributed by atoms with van der Waals surface area (Å²) < 4.78 is 0. The van der Waals surface area contributed by atoms with Gasteiger partial charge in [0.25, 0.3) is 0 Å². The van der Waals surface area contributed by atoms with Gasteiger partial charge < -0.3 is 4.98 Å². The lowest BCUT2D eigenvalue weighted by Gasteiger charge is -2.04. The summed E-state index contributed by atoms with van der Waals surface area (Å²) in [5.74, 6) is 4.40. The Morgan fingerprint density at radius 1 is 1.17 bits per heavy atom. The molecule has 2 nitrogen and oxygen atoms in total. The van der Waals surface area contributed by atoms with Gasteiger partial charge in [-0.05, 0) is 30.5 Å². The van der Waals surface area contributed by atoms with Crippen LogP contribution >= 0.6 is 0 Å². The molecule has 2 aromatic rings. The van der Waals surface area contributed by atoms with Crippen molar-refractivity contribution in [3.63, 3.8) is 0 Å². The molecule has 1 fully saturated rings. The zero-order chi connectivity index (χ0) is 12.4. The van der Waals surface area contributed by atoms with Crippen molar-refractivity contribution in [2.24, 2.45) is 0 Å². The van der Waals surface area contributed by atoms with Gasteiger partial charge in [-0.1, -0.05) is 30.9 Å². The van der Waals surface area contributed by atoms with Crippen LogP contribution in [0.3, 0.4) is 0 Å². The fourth-order valence-corrected chi connectivity index (χ4v) is 2.64. The molecule has 0 radical (unpaired) electrons. The van der Waals surface area contributed by atoms with E-state index in [4.69, 9.17) is 6.42 Å². The van der Waals surface area contributed by atoms with E-state index in [1.54, 1.807) is 0 Å².